The summed E-state index contributed by atoms with van der Waals surface area (Å²) in [7, 11) is 3.40. The van der Waals surface area contributed by atoms with Crippen molar-refractivity contribution in [1.29, 1.82) is 0 Å². The molecule has 0 N–H and O–H groups in total. The Morgan fingerprint density at radius 1 is 1.15 bits per heavy atom. The van der Waals surface area contributed by atoms with E-state index in [1.54, 1.807) is 14.2 Å². The van der Waals surface area contributed by atoms with Crippen molar-refractivity contribution in [2.45, 2.75) is 32.9 Å². The molecular weight excluding hydrogens is 332 g/mol. The van der Waals surface area contributed by atoms with Crippen LogP contribution in [0.4, 0.5) is 0 Å². The molecule has 0 saturated carbocycles. The van der Waals surface area contributed by atoms with Gasteiger partial charge in [-0.1, -0.05) is 12.1 Å². The van der Waals surface area contributed by atoms with Crippen molar-refractivity contribution in [2.75, 3.05) is 40.4 Å². The highest BCUT2D eigenvalue weighted by atomic mass is 16.5. The van der Waals surface area contributed by atoms with E-state index in [4.69, 9.17) is 14.0 Å². The van der Waals surface area contributed by atoms with Crippen LogP contribution in [-0.2, 0) is 13.0 Å². The van der Waals surface area contributed by atoms with Crippen LogP contribution in [0.25, 0.3) is 0 Å². The minimum atomic E-state index is 0.149. The summed E-state index contributed by atoms with van der Waals surface area (Å²) < 4.78 is 16.2. The molecule has 7 nitrogen and oxygen atoms in total. The van der Waals surface area contributed by atoms with Gasteiger partial charge in [-0.2, -0.15) is 4.98 Å². The molecule has 1 fully saturated rings. The maximum atomic E-state index is 5.50. The second-order valence-corrected chi connectivity index (χ2v) is 6.57. The van der Waals surface area contributed by atoms with Gasteiger partial charge in [0, 0.05) is 44.7 Å². The molecule has 26 heavy (non-hydrogen) atoms. The van der Waals surface area contributed by atoms with Gasteiger partial charge in [-0.25, -0.2) is 0 Å². The Bertz CT molecular complexity index is 711. The van der Waals surface area contributed by atoms with Gasteiger partial charge in [0.15, 0.2) is 5.82 Å². The Hall–Kier alpha value is -2.12. The summed E-state index contributed by atoms with van der Waals surface area (Å²) in [6.45, 7) is 8.93. The maximum Gasteiger partial charge on any atom is 0.243 e. The fourth-order valence-electron chi connectivity index (χ4n) is 3.29. The second-order valence-electron chi connectivity index (χ2n) is 6.57. The maximum absolute atomic E-state index is 5.50. The Morgan fingerprint density at radius 3 is 2.54 bits per heavy atom. The molecule has 7 heteroatoms. The van der Waals surface area contributed by atoms with Crippen LogP contribution in [0.1, 0.15) is 37.2 Å². The van der Waals surface area contributed by atoms with E-state index < -0.39 is 0 Å². The fraction of sp³-hybridized carbons (Fsp3) is 0.579. The number of hydrogen-bond donors (Lipinski definition) is 0. The molecule has 0 bridgehead atoms. The lowest BCUT2D eigenvalue weighted by atomic mass is 10.1. The molecule has 0 amide bonds. The topological polar surface area (TPSA) is 63.9 Å². The molecule has 0 radical (unpaired) electrons. The van der Waals surface area contributed by atoms with Crippen LogP contribution in [0.15, 0.2) is 22.7 Å². The third kappa shape index (κ3) is 4.16. The number of ether oxygens (including phenoxy) is 2. The zero-order valence-electron chi connectivity index (χ0n) is 16.1. The van der Waals surface area contributed by atoms with E-state index in [1.165, 1.54) is 0 Å². The van der Waals surface area contributed by atoms with Gasteiger partial charge in [0.1, 0.15) is 11.5 Å². The van der Waals surface area contributed by atoms with Crippen LogP contribution >= 0.6 is 0 Å². The number of piperazine rings is 1. The Balaban J connectivity index is 1.58. The van der Waals surface area contributed by atoms with Crippen molar-refractivity contribution >= 4 is 0 Å². The zero-order chi connectivity index (χ0) is 18.5. The smallest absolute Gasteiger partial charge is 0.243 e. The van der Waals surface area contributed by atoms with E-state index in [1.807, 2.05) is 19.1 Å². The Labute approximate surface area is 154 Å². The normalized spacial score (nSPS) is 17.2. The Kier molecular flexibility index (Phi) is 6.11. The summed E-state index contributed by atoms with van der Waals surface area (Å²) in [5, 5.41) is 4.01. The van der Waals surface area contributed by atoms with Crippen LogP contribution in [0.5, 0.6) is 11.5 Å². The first-order chi connectivity index (χ1) is 12.6. The molecule has 1 aliphatic heterocycles. The van der Waals surface area contributed by atoms with Crippen molar-refractivity contribution in [3.63, 3.8) is 0 Å². The standard InChI is InChI=1S/C19H28N4O3/c1-5-18-20-19(26-21-18)14(2)23-10-8-22(9-11-23)13-15-12-16(24-3)6-7-17(15)25-4/h6-7,12,14H,5,8-11,13H2,1-4H3/t14-/m0/s1. The SMILES string of the molecule is CCc1noc([C@H](C)N2CCN(Cc3cc(OC)ccc3OC)CC2)n1. The molecule has 142 valence electrons. The molecule has 1 aromatic heterocycles. The molecule has 0 aliphatic carbocycles. The van der Waals surface area contributed by atoms with Gasteiger partial charge >= 0.3 is 0 Å². The van der Waals surface area contributed by atoms with E-state index in [0.29, 0.717) is 5.89 Å². The summed E-state index contributed by atoms with van der Waals surface area (Å²) in [6.07, 6.45) is 0.798. The largest absolute Gasteiger partial charge is 0.497 e. The molecule has 2 aromatic rings. The average Bonchev–Trinajstić information content (AvgIpc) is 3.17. The zero-order valence-corrected chi connectivity index (χ0v) is 16.1. The highest BCUT2D eigenvalue weighted by Crippen LogP contribution is 2.26. The van der Waals surface area contributed by atoms with E-state index in [2.05, 4.69) is 32.9 Å². The molecule has 0 unspecified atom stereocenters. The number of nitrogens with zero attached hydrogens (tertiary/aromatic N) is 4. The summed E-state index contributed by atoms with van der Waals surface area (Å²) >= 11 is 0. The van der Waals surface area contributed by atoms with Gasteiger partial charge in [-0.15, -0.1) is 0 Å². The van der Waals surface area contributed by atoms with Crippen LogP contribution in [0.3, 0.4) is 0 Å². The molecule has 1 aromatic carbocycles. The van der Waals surface area contributed by atoms with Crippen molar-refractivity contribution < 1.29 is 14.0 Å². The van der Waals surface area contributed by atoms with Crippen molar-refractivity contribution in [3.05, 3.63) is 35.5 Å². The number of aromatic nitrogens is 2. The monoisotopic (exact) mass is 360 g/mol. The number of hydrogen-bond acceptors (Lipinski definition) is 7. The van der Waals surface area contributed by atoms with Crippen molar-refractivity contribution in [2.24, 2.45) is 0 Å². The summed E-state index contributed by atoms with van der Waals surface area (Å²) in [5.74, 6) is 3.25. The summed E-state index contributed by atoms with van der Waals surface area (Å²) in [4.78, 5) is 9.30. The quantitative estimate of drug-likeness (QED) is 0.752. The number of methoxy groups -OCH3 is 2. The number of benzene rings is 1. The van der Waals surface area contributed by atoms with Gasteiger partial charge < -0.3 is 14.0 Å². The first kappa shape index (κ1) is 18.7. The minimum Gasteiger partial charge on any atom is -0.497 e. The number of rotatable bonds is 7. The van der Waals surface area contributed by atoms with Crippen LogP contribution < -0.4 is 9.47 Å². The lowest BCUT2D eigenvalue weighted by Gasteiger charge is -2.37. The van der Waals surface area contributed by atoms with Crippen molar-refractivity contribution in [3.8, 4) is 11.5 Å². The van der Waals surface area contributed by atoms with Crippen LogP contribution in [-0.4, -0.2) is 60.3 Å². The molecule has 1 saturated heterocycles. The molecule has 3 rings (SSSR count). The van der Waals surface area contributed by atoms with Crippen LogP contribution in [0.2, 0.25) is 0 Å². The fourth-order valence-corrected chi connectivity index (χ4v) is 3.29. The molecule has 2 heterocycles. The molecule has 1 aliphatic rings. The van der Waals surface area contributed by atoms with Gasteiger partial charge in [-0.3, -0.25) is 9.80 Å². The highest BCUT2D eigenvalue weighted by molar-refractivity contribution is 5.40. The van der Waals surface area contributed by atoms with E-state index in [0.717, 1.165) is 62.0 Å². The average molecular weight is 360 g/mol. The van der Waals surface area contributed by atoms with Crippen LogP contribution in [0, 0.1) is 0 Å². The molecular formula is C19H28N4O3. The molecule has 1 atom stereocenters. The Morgan fingerprint density at radius 2 is 1.92 bits per heavy atom. The third-order valence-corrected chi connectivity index (χ3v) is 4.99. The van der Waals surface area contributed by atoms with E-state index >= 15 is 0 Å². The van der Waals surface area contributed by atoms with Gasteiger partial charge in [0.2, 0.25) is 5.89 Å². The predicted octanol–water partition coefficient (Wildman–Crippen LogP) is 2.53. The van der Waals surface area contributed by atoms with Gasteiger partial charge in [0.05, 0.1) is 20.3 Å². The number of aryl methyl sites for hydroxylation is 1. The predicted molar refractivity (Wildman–Crippen MR) is 98.5 cm³/mol. The minimum absolute atomic E-state index is 0.149. The van der Waals surface area contributed by atoms with Crippen molar-refractivity contribution in [1.82, 2.24) is 19.9 Å². The second kappa shape index (κ2) is 8.51. The summed E-state index contributed by atoms with van der Waals surface area (Å²) in [5.41, 5.74) is 1.15. The highest BCUT2D eigenvalue weighted by Gasteiger charge is 2.26. The first-order valence-corrected chi connectivity index (χ1v) is 9.14. The molecule has 0 spiro atoms. The van der Waals surface area contributed by atoms with E-state index in [-0.39, 0.29) is 6.04 Å². The van der Waals surface area contributed by atoms with Gasteiger partial charge in [-0.05, 0) is 25.1 Å². The van der Waals surface area contributed by atoms with Gasteiger partial charge in [0.25, 0.3) is 0 Å². The lowest BCUT2D eigenvalue weighted by molar-refractivity contribution is 0.0840. The lowest BCUT2D eigenvalue weighted by Crippen LogP contribution is -2.46. The first-order valence-electron chi connectivity index (χ1n) is 9.14. The summed E-state index contributed by atoms with van der Waals surface area (Å²) in [6, 6.07) is 6.10. The van der Waals surface area contributed by atoms with E-state index in [9.17, 15) is 0 Å². The third-order valence-electron chi connectivity index (χ3n) is 4.99.